The summed E-state index contributed by atoms with van der Waals surface area (Å²) in [7, 11) is 0. The average molecular weight is 204 g/mol. The zero-order valence-electron chi connectivity index (χ0n) is 8.09. The third-order valence-corrected chi connectivity index (χ3v) is 2.91. The molecule has 5 heteroatoms. The van der Waals surface area contributed by atoms with E-state index in [0.29, 0.717) is 19.6 Å². The molecule has 1 heterocycles. The lowest BCUT2D eigenvalue weighted by atomic mass is 10.2. The van der Waals surface area contributed by atoms with Crippen LogP contribution < -0.4 is 5.32 Å². The highest BCUT2D eigenvalue weighted by atomic mass is 19.3. The molecule has 14 heavy (non-hydrogen) atoms. The van der Waals surface area contributed by atoms with E-state index < -0.39 is 11.8 Å². The molecule has 0 aromatic heterocycles. The fourth-order valence-corrected chi connectivity index (χ4v) is 1.85. The molecule has 0 aromatic carbocycles. The number of hydrogen-bond donors (Lipinski definition) is 1. The summed E-state index contributed by atoms with van der Waals surface area (Å²) in [5, 5.41) is 3.12. The van der Waals surface area contributed by atoms with Crippen molar-refractivity contribution in [2.75, 3.05) is 19.6 Å². The van der Waals surface area contributed by atoms with E-state index in [0.717, 1.165) is 0 Å². The molecule has 2 atom stereocenters. The zero-order valence-corrected chi connectivity index (χ0v) is 8.09. The average Bonchev–Trinajstić information content (AvgIpc) is 2.75. The first-order chi connectivity index (χ1) is 6.52. The third-order valence-electron chi connectivity index (χ3n) is 2.91. The van der Waals surface area contributed by atoms with Gasteiger partial charge in [0.1, 0.15) is 5.92 Å². The van der Waals surface area contributed by atoms with Gasteiger partial charge in [0.2, 0.25) is 5.91 Å². The fraction of sp³-hybridized carbons (Fsp3) is 0.889. The van der Waals surface area contributed by atoms with Crippen molar-refractivity contribution in [3.8, 4) is 0 Å². The predicted octanol–water partition coefficient (Wildman–Crippen LogP) is 0.462. The first-order valence-corrected chi connectivity index (χ1v) is 4.91. The molecular formula is C9H14F2N2O. The van der Waals surface area contributed by atoms with Crippen molar-refractivity contribution >= 4 is 5.91 Å². The third kappa shape index (κ3) is 1.61. The fourth-order valence-electron chi connectivity index (χ4n) is 1.85. The van der Waals surface area contributed by atoms with Crippen LogP contribution in [0.3, 0.4) is 0 Å². The van der Waals surface area contributed by atoms with Gasteiger partial charge in [-0.3, -0.25) is 4.79 Å². The number of nitrogens with one attached hydrogen (secondary N) is 1. The second-order valence-corrected chi connectivity index (χ2v) is 4.10. The van der Waals surface area contributed by atoms with Crippen LogP contribution in [0.1, 0.15) is 13.3 Å². The van der Waals surface area contributed by atoms with Gasteiger partial charge in [0.15, 0.2) is 0 Å². The zero-order chi connectivity index (χ0) is 10.3. The molecule has 2 aliphatic rings. The maximum Gasteiger partial charge on any atom is 0.260 e. The van der Waals surface area contributed by atoms with E-state index in [1.54, 1.807) is 4.90 Å². The summed E-state index contributed by atoms with van der Waals surface area (Å²) in [4.78, 5) is 13.2. The lowest BCUT2D eigenvalue weighted by molar-refractivity contribution is -0.137. The number of alkyl halides is 2. The maximum atomic E-state index is 12.7. The maximum absolute atomic E-state index is 12.7. The largest absolute Gasteiger partial charge is 0.337 e. The Bertz CT molecular complexity index is 257. The Morgan fingerprint density at radius 2 is 2.21 bits per heavy atom. The Labute approximate surface area is 81.4 Å². The quantitative estimate of drug-likeness (QED) is 0.673. The van der Waals surface area contributed by atoms with Crippen molar-refractivity contribution in [2.45, 2.75) is 25.3 Å². The first kappa shape index (κ1) is 9.83. The van der Waals surface area contributed by atoms with E-state index in [1.807, 2.05) is 6.92 Å². The normalized spacial score (nSPS) is 35.5. The number of amides is 1. The van der Waals surface area contributed by atoms with Crippen LogP contribution in [0.2, 0.25) is 0 Å². The van der Waals surface area contributed by atoms with Gasteiger partial charge < -0.3 is 10.2 Å². The number of hydrogen-bond acceptors (Lipinski definition) is 2. The van der Waals surface area contributed by atoms with Crippen molar-refractivity contribution in [3.63, 3.8) is 0 Å². The summed E-state index contributed by atoms with van der Waals surface area (Å²) in [5.41, 5.74) is 0. The summed E-state index contributed by atoms with van der Waals surface area (Å²) in [6.07, 6.45) is -0.261. The summed E-state index contributed by atoms with van der Waals surface area (Å²) in [5.74, 6) is -4.14. The Morgan fingerprint density at radius 1 is 1.57 bits per heavy atom. The summed E-state index contributed by atoms with van der Waals surface area (Å²) in [6.45, 7) is 3.83. The molecule has 0 aromatic rings. The Hall–Kier alpha value is -0.710. The molecule has 0 spiro atoms. The molecule has 1 saturated heterocycles. The lowest BCUT2D eigenvalue weighted by Gasteiger charge is -2.34. The molecule has 0 bridgehead atoms. The van der Waals surface area contributed by atoms with E-state index in [9.17, 15) is 13.6 Å². The van der Waals surface area contributed by atoms with Gasteiger partial charge >= 0.3 is 0 Å². The first-order valence-electron chi connectivity index (χ1n) is 4.91. The molecule has 2 rings (SSSR count). The van der Waals surface area contributed by atoms with Gasteiger partial charge in [0.25, 0.3) is 5.92 Å². The van der Waals surface area contributed by atoms with E-state index in [4.69, 9.17) is 0 Å². The Kier molecular flexibility index (Phi) is 2.21. The van der Waals surface area contributed by atoms with Gasteiger partial charge in [-0.25, -0.2) is 8.78 Å². The minimum Gasteiger partial charge on any atom is -0.337 e. The smallest absolute Gasteiger partial charge is 0.260 e. The van der Waals surface area contributed by atoms with Crippen molar-refractivity contribution in [2.24, 2.45) is 5.92 Å². The monoisotopic (exact) mass is 204 g/mol. The number of piperazine rings is 1. The molecule has 3 nitrogen and oxygen atoms in total. The summed E-state index contributed by atoms with van der Waals surface area (Å²) in [6, 6.07) is 0.0349. The second-order valence-electron chi connectivity index (χ2n) is 4.10. The van der Waals surface area contributed by atoms with Crippen LogP contribution >= 0.6 is 0 Å². The molecule has 1 N–H and O–H groups in total. The van der Waals surface area contributed by atoms with Crippen LogP contribution in [0.4, 0.5) is 8.78 Å². The minimum atomic E-state index is -2.73. The van der Waals surface area contributed by atoms with Gasteiger partial charge in [-0.15, -0.1) is 0 Å². The van der Waals surface area contributed by atoms with Gasteiger partial charge in [0.05, 0.1) is 0 Å². The molecule has 1 aliphatic carbocycles. The van der Waals surface area contributed by atoms with Crippen LogP contribution in [0, 0.1) is 5.92 Å². The van der Waals surface area contributed by atoms with E-state index in [-0.39, 0.29) is 18.4 Å². The van der Waals surface area contributed by atoms with E-state index in [2.05, 4.69) is 5.32 Å². The Balaban J connectivity index is 1.97. The molecule has 1 aliphatic heterocycles. The number of rotatable bonds is 1. The van der Waals surface area contributed by atoms with Gasteiger partial charge in [0, 0.05) is 32.1 Å². The molecule has 0 radical (unpaired) electrons. The summed E-state index contributed by atoms with van der Waals surface area (Å²) < 4.78 is 25.3. The molecular weight excluding hydrogens is 190 g/mol. The molecule has 80 valence electrons. The molecule has 1 unspecified atom stereocenters. The van der Waals surface area contributed by atoms with E-state index >= 15 is 0 Å². The van der Waals surface area contributed by atoms with Crippen LogP contribution in [0.15, 0.2) is 0 Å². The van der Waals surface area contributed by atoms with Crippen LogP contribution in [0.5, 0.6) is 0 Å². The van der Waals surface area contributed by atoms with Gasteiger partial charge in [-0.05, 0) is 6.92 Å². The van der Waals surface area contributed by atoms with Gasteiger partial charge in [-0.1, -0.05) is 0 Å². The highest BCUT2D eigenvalue weighted by molar-refractivity contribution is 5.83. The topological polar surface area (TPSA) is 32.3 Å². The number of halogens is 2. The van der Waals surface area contributed by atoms with Gasteiger partial charge in [-0.2, -0.15) is 0 Å². The molecule has 1 amide bonds. The van der Waals surface area contributed by atoms with Crippen LogP contribution in [-0.2, 0) is 4.79 Å². The lowest BCUT2D eigenvalue weighted by Crippen LogP contribution is -2.53. The summed E-state index contributed by atoms with van der Waals surface area (Å²) >= 11 is 0. The molecule has 1 saturated carbocycles. The highest BCUT2D eigenvalue weighted by Gasteiger charge is 2.62. The number of nitrogens with zero attached hydrogens (tertiary/aromatic N) is 1. The van der Waals surface area contributed by atoms with Crippen molar-refractivity contribution in [1.29, 1.82) is 0 Å². The standard InChI is InChI=1S/C9H14F2N2O/c1-6-5-12-2-3-13(6)8(14)7-4-9(7,10)11/h6-7,12H,2-5H2,1H3/t6-,7?/m0/s1. The van der Waals surface area contributed by atoms with Crippen LogP contribution in [0.25, 0.3) is 0 Å². The molecule has 2 fully saturated rings. The van der Waals surface area contributed by atoms with E-state index in [1.165, 1.54) is 0 Å². The Morgan fingerprint density at radius 3 is 2.71 bits per heavy atom. The van der Waals surface area contributed by atoms with Crippen molar-refractivity contribution in [1.82, 2.24) is 10.2 Å². The van der Waals surface area contributed by atoms with Crippen molar-refractivity contribution < 1.29 is 13.6 Å². The van der Waals surface area contributed by atoms with Crippen LogP contribution in [-0.4, -0.2) is 42.4 Å². The minimum absolute atomic E-state index is 0.0349. The van der Waals surface area contributed by atoms with Crippen molar-refractivity contribution in [3.05, 3.63) is 0 Å². The predicted molar refractivity (Wildman–Crippen MR) is 47.1 cm³/mol. The SMILES string of the molecule is C[C@H]1CNCCN1C(=O)C1CC1(F)F. The number of carbonyl (C=O) groups is 1. The number of carbonyl (C=O) groups excluding carboxylic acids is 1. The highest BCUT2D eigenvalue weighted by Crippen LogP contribution is 2.49. The second kappa shape index (κ2) is 3.15.